The molecule has 0 aromatic rings. The first kappa shape index (κ1) is 32.1. The van der Waals surface area contributed by atoms with Gasteiger partial charge >= 0.3 is 17.9 Å². The van der Waals surface area contributed by atoms with Crippen LogP contribution in [0, 0.1) is 40.9 Å². The van der Waals surface area contributed by atoms with Crippen LogP contribution < -0.4 is 0 Å². The zero-order valence-corrected chi connectivity index (χ0v) is 22.8. The van der Waals surface area contributed by atoms with Crippen LogP contribution in [0.4, 0.5) is 0 Å². The van der Waals surface area contributed by atoms with Crippen molar-refractivity contribution >= 4 is 23.7 Å². The van der Waals surface area contributed by atoms with Gasteiger partial charge < -0.3 is 14.2 Å². The summed E-state index contributed by atoms with van der Waals surface area (Å²) in [4.78, 5) is 49.5. The second-order valence-electron chi connectivity index (χ2n) is 9.42. The van der Waals surface area contributed by atoms with Gasteiger partial charge in [0, 0.05) is 18.8 Å². The van der Waals surface area contributed by atoms with Crippen LogP contribution in [-0.2, 0) is 33.4 Å². The molecule has 0 aromatic carbocycles. The lowest BCUT2D eigenvalue weighted by Crippen LogP contribution is -2.33. The summed E-state index contributed by atoms with van der Waals surface area (Å²) >= 11 is 0. The quantitative estimate of drug-likeness (QED) is 0.113. The summed E-state index contributed by atoms with van der Waals surface area (Å²) < 4.78 is 14.7. The van der Waals surface area contributed by atoms with Crippen molar-refractivity contribution in [1.29, 1.82) is 5.26 Å². The van der Waals surface area contributed by atoms with Crippen molar-refractivity contribution in [3.8, 4) is 6.07 Å². The number of methoxy groups -OCH3 is 2. The smallest absolute Gasteiger partial charge is 0.323 e. The topological polar surface area (TPSA) is 120 Å². The van der Waals surface area contributed by atoms with Gasteiger partial charge in [0.05, 0.1) is 33.3 Å². The number of allylic oxidation sites excluding steroid dienone is 4. The molecule has 1 aliphatic rings. The van der Waals surface area contributed by atoms with Gasteiger partial charge in [-0.15, -0.1) is 0 Å². The number of ether oxygens (including phenoxy) is 3. The number of ketones is 1. The highest BCUT2D eigenvalue weighted by molar-refractivity contribution is 5.86. The zero-order valence-electron chi connectivity index (χ0n) is 22.8. The largest absolute Gasteiger partial charge is 0.469 e. The fourth-order valence-corrected chi connectivity index (χ4v) is 5.08. The van der Waals surface area contributed by atoms with Crippen LogP contribution >= 0.6 is 0 Å². The Bertz CT molecular complexity index is 842. The van der Waals surface area contributed by atoms with Crippen molar-refractivity contribution in [2.24, 2.45) is 29.6 Å². The zero-order chi connectivity index (χ0) is 27.6. The number of hydrogen-bond donors (Lipinski definition) is 0. The molecule has 0 aromatic heterocycles. The van der Waals surface area contributed by atoms with E-state index in [0.717, 1.165) is 25.7 Å². The predicted octanol–water partition coefficient (Wildman–Crippen LogP) is 5.12. The van der Waals surface area contributed by atoms with Crippen LogP contribution in [0.2, 0.25) is 0 Å². The first-order valence-electron chi connectivity index (χ1n) is 13.4. The van der Waals surface area contributed by atoms with Gasteiger partial charge in [-0.25, -0.2) is 0 Å². The lowest BCUT2D eigenvalue weighted by molar-refractivity contribution is -0.146. The molecule has 206 valence electrons. The summed E-state index contributed by atoms with van der Waals surface area (Å²) in [6.45, 7) is 4.12. The van der Waals surface area contributed by atoms with Crippen LogP contribution in [0.3, 0.4) is 0 Å². The van der Waals surface area contributed by atoms with Gasteiger partial charge in [0.25, 0.3) is 0 Å². The molecule has 1 saturated carbocycles. The lowest BCUT2D eigenvalue weighted by atomic mass is 9.71. The monoisotopic (exact) mass is 517 g/mol. The van der Waals surface area contributed by atoms with Crippen molar-refractivity contribution in [2.45, 2.75) is 78.1 Å². The molecular weight excluding hydrogens is 474 g/mol. The molecule has 0 bridgehead atoms. The third-order valence-electron chi connectivity index (χ3n) is 6.93. The number of unbranched alkanes of at least 4 members (excludes halogenated alkanes) is 4. The summed E-state index contributed by atoms with van der Waals surface area (Å²) in [5.74, 6) is -4.14. The molecule has 0 saturated heterocycles. The second-order valence-corrected chi connectivity index (χ2v) is 9.42. The molecule has 1 aliphatic carbocycles. The Balaban J connectivity index is 3.23. The molecule has 3 unspecified atom stereocenters. The van der Waals surface area contributed by atoms with E-state index >= 15 is 0 Å². The van der Waals surface area contributed by atoms with Gasteiger partial charge in [0.1, 0.15) is 11.7 Å². The van der Waals surface area contributed by atoms with Crippen LogP contribution in [0.1, 0.15) is 78.1 Å². The van der Waals surface area contributed by atoms with Gasteiger partial charge in [0.2, 0.25) is 0 Å². The summed E-state index contributed by atoms with van der Waals surface area (Å²) in [7, 11) is 2.59. The van der Waals surface area contributed by atoms with Crippen LogP contribution in [0.15, 0.2) is 24.3 Å². The highest BCUT2D eigenvalue weighted by atomic mass is 16.5. The molecule has 0 radical (unpaired) electrons. The van der Waals surface area contributed by atoms with E-state index in [4.69, 9.17) is 9.47 Å². The van der Waals surface area contributed by atoms with Crippen molar-refractivity contribution in [3.05, 3.63) is 24.3 Å². The number of carbonyl (C=O) groups is 4. The van der Waals surface area contributed by atoms with Gasteiger partial charge in [-0.3, -0.25) is 19.2 Å². The van der Waals surface area contributed by atoms with Crippen LogP contribution in [0.25, 0.3) is 0 Å². The Morgan fingerprint density at radius 1 is 1.03 bits per heavy atom. The van der Waals surface area contributed by atoms with E-state index in [9.17, 15) is 24.4 Å². The molecule has 37 heavy (non-hydrogen) atoms. The number of esters is 3. The molecule has 0 heterocycles. The van der Waals surface area contributed by atoms with Gasteiger partial charge in [-0.05, 0) is 56.8 Å². The summed E-state index contributed by atoms with van der Waals surface area (Å²) in [6, 6.07) is 2.05. The van der Waals surface area contributed by atoms with Gasteiger partial charge in [-0.1, -0.05) is 44.1 Å². The Hall–Kier alpha value is -2.95. The van der Waals surface area contributed by atoms with E-state index in [0.29, 0.717) is 25.7 Å². The normalized spacial score (nSPS) is 21.1. The number of Topliss-reactive ketones (excluding diaryl/α,β-unsaturated/α-hetero) is 1. The van der Waals surface area contributed by atoms with E-state index in [2.05, 4.69) is 17.7 Å². The molecule has 0 aliphatic heterocycles. The number of nitriles is 1. The Kier molecular flexibility index (Phi) is 15.9. The molecule has 0 amide bonds. The molecule has 1 rings (SSSR count). The van der Waals surface area contributed by atoms with Gasteiger partial charge in [0.15, 0.2) is 0 Å². The molecule has 0 spiro atoms. The maximum Gasteiger partial charge on any atom is 0.323 e. The first-order valence-corrected chi connectivity index (χ1v) is 13.4. The second kappa shape index (κ2) is 18.3. The molecule has 8 nitrogen and oxygen atoms in total. The van der Waals surface area contributed by atoms with Crippen molar-refractivity contribution in [2.75, 3.05) is 20.8 Å². The third-order valence-corrected chi connectivity index (χ3v) is 6.93. The fraction of sp³-hybridized carbons (Fsp3) is 0.690. The fourth-order valence-electron chi connectivity index (χ4n) is 5.08. The minimum Gasteiger partial charge on any atom is -0.469 e. The third kappa shape index (κ3) is 10.9. The summed E-state index contributed by atoms with van der Waals surface area (Å²) in [5, 5.41) is 9.81. The van der Waals surface area contributed by atoms with Crippen molar-refractivity contribution in [1.82, 2.24) is 0 Å². The SMILES string of the molecule is CCCCC/C=C/C(CC(=O)OCC)C1[C@H](C(C#N)C(=O)OC)CC(=O)[C@@H]1C/C=C\CCCC(=O)OC. The lowest BCUT2D eigenvalue weighted by Gasteiger charge is -2.31. The van der Waals surface area contributed by atoms with Crippen LogP contribution in [0.5, 0.6) is 0 Å². The molecular formula is C29H43NO7. The summed E-state index contributed by atoms with van der Waals surface area (Å²) in [5.41, 5.74) is 0. The minimum absolute atomic E-state index is 0.0217. The van der Waals surface area contributed by atoms with E-state index in [1.807, 2.05) is 24.3 Å². The standard InChI is InChI=1S/C29H43NO7/c1-5-7-8-9-12-15-21(18-27(33)37-6-2)28-22(16-13-10-11-14-17-26(32)35-3)25(31)19-23(28)24(20-30)29(34)36-4/h10,12-13,15,21-24,28H,5-9,11,14,16-19H2,1-4H3/b13-10-,15-12+/t21?,22-,23-,24?,28?/m0/s1. The number of hydrogen-bond acceptors (Lipinski definition) is 8. The van der Waals surface area contributed by atoms with Crippen molar-refractivity contribution in [3.63, 3.8) is 0 Å². The number of carbonyl (C=O) groups excluding carboxylic acids is 4. The maximum absolute atomic E-state index is 13.2. The van der Waals surface area contributed by atoms with E-state index in [-0.39, 0.29) is 49.0 Å². The van der Waals surface area contributed by atoms with E-state index < -0.39 is 23.7 Å². The van der Waals surface area contributed by atoms with E-state index in [1.165, 1.54) is 14.2 Å². The average Bonchev–Trinajstić information content (AvgIpc) is 3.20. The number of nitrogens with zero attached hydrogens (tertiary/aromatic N) is 1. The summed E-state index contributed by atoms with van der Waals surface area (Å²) in [6.07, 6.45) is 14.1. The highest BCUT2D eigenvalue weighted by Crippen LogP contribution is 2.47. The predicted molar refractivity (Wildman–Crippen MR) is 139 cm³/mol. The minimum atomic E-state index is -1.09. The Labute approximate surface area is 221 Å². The van der Waals surface area contributed by atoms with Gasteiger partial charge in [-0.2, -0.15) is 5.26 Å². The molecule has 0 N–H and O–H groups in total. The molecule has 8 heteroatoms. The van der Waals surface area contributed by atoms with E-state index in [1.54, 1.807) is 6.92 Å². The Morgan fingerprint density at radius 3 is 2.38 bits per heavy atom. The molecule has 5 atom stereocenters. The highest BCUT2D eigenvalue weighted by Gasteiger charge is 2.50. The first-order chi connectivity index (χ1) is 17.8. The van der Waals surface area contributed by atoms with Crippen LogP contribution in [-0.4, -0.2) is 44.5 Å². The van der Waals surface area contributed by atoms with Crippen molar-refractivity contribution < 1.29 is 33.4 Å². The maximum atomic E-state index is 13.2. The Morgan fingerprint density at radius 2 is 1.76 bits per heavy atom. The average molecular weight is 518 g/mol. The number of rotatable bonds is 17. The molecule has 1 fully saturated rings.